The molecule has 0 amide bonds. The lowest BCUT2D eigenvalue weighted by Crippen LogP contribution is -2.27. The second-order valence-electron chi connectivity index (χ2n) is 9.45. The Morgan fingerprint density at radius 3 is 1.56 bits per heavy atom. The number of aliphatic hydroxyl groups is 2. The Bertz CT molecular complexity index is 1160. The van der Waals surface area contributed by atoms with Crippen molar-refractivity contribution >= 4 is 23.5 Å². The van der Waals surface area contributed by atoms with Crippen LogP contribution in [0, 0.1) is 55.4 Å². The zero-order chi connectivity index (χ0) is 25.8. The summed E-state index contributed by atoms with van der Waals surface area (Å²) in [6.07, 6.45) is 0. The summed E-state index contributed by atoms with van der Waals surface area (Å²) in [5.74, 6) is 1.51. The lowest BCUT2D eigenvalue weighted by Gasteiger charge is -2.31. The monoisotopic (exact) mass is 482 g/mol. The highest BCUT2D eigenvalue weighted by molar-refractivity contribution is 7.97. The number of benzene rings is 2. The maximum atomic E-state index is 10.3. The molecule has 2 heterocycles. The molecule has 0 aromatic heterocycles. The first-order valence-corrected chi connectivity index (χ1v) is 12.3. The quantitative estimate of drug-likeness (QED) is 0.379. The number of hydrogen-bond acceptors (Lipinski definition) is 6. The molecule has 0 bridgehead atoms. The molecule has 0 saturated heterocycles. The largest absolute Gasteiger partial charge is 0.505 e. The second-order valence-corrected chi connectivity index (χ2v) is 10.6. The maximum Gasteiger partial charge on any atom is 0.169 e. The van der Waals surface area contributed by atoms with Crippen LogP contribution in [0.2, 0.25) is 0 Å². The van der Waals surface area contributed by atoms with E-state index in [-0.39, 0.29) is 0 Å². The number of allylic oxidation sites excluding steroid dienone is 2. The number of nitrogens with zero attached hydrogens (tertiary/aromatic N) is 2. The predicted molar refractivity (Wildman–Crippen MR) is 143 cm³/mol. The first-order valence-electron chi connectivity index (χ1n) is 11.6. The van der Waals surface area contributed by atoms with Gasteiger partial charge in [0.1, 0.15) is 11.5 Å². The molecule has 0 unspecified atom stereocenters. The first kappa shape index (κ1) is 25.9. The Balaban J connectivity index is 0.000000191. The molecule has 2 aromatic rings. The van der Waals surface area contributed by atoms with Crippen molar-refractivity contribution in [3.63, 3.8) is 0 Å². The average molecular weight is 483 g/mol. The fraction of sp³-hybridized carbons (Fsp3) is 0.429. The van der Waals surface area contributed by atoms with E-state index in [1.807, 2.05) is 39.0 Å². The summed E-state index contributed by atoms with van der Waals surface area (Å²) >= 11 is 1.70. The minimum atomic E-state index is 0.317. The average Bonchev–Trinajstić information content (AvgIpc) is 2.80. The summed E-state index contributed by atoms with van der Waals surface area (Å²) in [6.45, 7) is 20.5. The molecule has 2 aromatic carbocycles. The third kappa shape index (κ3) is 3.92. The van der Waals surface area contributed by atoms with E-state index in [0.29, 0.717) is 11.5 Å². The minimum absolute atomic E-state index is 0.317. The van der Waals surface area contributed by atoms with Gasteiger partial charge in [0.05, 0.1) is 17.0 Å². The van der Waals surface area contributed by atoms with Crippen molar-refractivity contribution < 1.29 is 15.1 Å². The standard InChI is InChI=1S/C14H19NO2.C14H19NOS/c2*1-7-8(2)10(4)14-12(9(7)3)13(16)11(5)15(6)17-14/h2*16H,1-6H3. The number of fused-ring (bicyclic) bond motifs is 2. The van der Waals surface area contributed by atoms with Gasteiger partial charge >= 0.3 is 0 Å². The highest BCUT2D eigenvalue weighted by atomic mass is 32.2. The first-order chi connectivity index (χ1) is 15.7. The van der Waals surface area contributed by atoms with Crippen molar-refractivity contribution in [2.75, 3.05) is 14.1 Å². The van der Waals surface area contributed by atoms with Gasteiger partial charge in [-0.2, -0.15) is 0 Å². The van der Waals surface area contributed by atoms with Crippen LogP contribution in [0.3, 0.4) is 0 Å². The molecular weight excluding hydrogens is 444 g/mol. The van der Waals surface area contributed by atoms with Crippen LogP contribution < -0.4 is 4.84 Å². The molecule has 0 saturated carbocycles. The van der Waals surface area contributed by atoms with Gasteiger partial charge in [0.25, 0.3) is 0 Å². The van der Waals surface area contributed by atoms with Crippen LogP contribution in [0.15, 0.2) is 16.3 Å². The Kier molecular flexibility index (Phi) is 6.96. The van der Waals surface area contributed by atoms with Crippen LogP contribution in [-0.4, -0.2) is 33.7 Å². The van der Waals surface area contributed by atoms with Crippen molar-refractivity contribution in [1.29, 1.82) is 0 Å². The summed E-state index contributed by atoms with van der Waals surface area (Å²) < 4.78 is 2.03. The fourth-order valence-electron chi connectivity index (χ4n) is 4.43. The van der Waals surface area contributed by atoms with Crippen LogP contribution in [-0.2, 0) is 0 Å². The van der Waals surface area contributed by atoms with Crippen molar-refractivity contribution in [3.8, 4) is 5.75 Å². The van der Waals surface area contributed by atoms with E-state index in [0.717, 1.165) is 39.4 Å². The van der Waals surface area contributed by atoms with Gasteiger partial charge in [-0.15, -0.1) is 0 Å². The van der Waals surface area contributed by atoms with E-state index >= 15 is 0 Å². The summed E-state index contributed by atoms with van der Waals surface area (Å²) in [4.78, 5) is 6.97. The number of rotatable bonds is 0. The molecule has 5 nitrogen and oxygen atoms in total. The van der Waals surface area contributed by atoms with Gasteiger partial charge in [0.2, 0.25) is 0 Å². The van der Waals surface area contributed by atoms with Crippen molar-refractivity contribution in [2.45, 2.75) is 74.1 Å². The summed E-state index contributed by atoms with van der Waals surface area (Å²) in [5.41, 5.74) is 13.2. The van der Waals surface area contributed by atoms with Crippen molar-refractivity contribution in [3.05, 3.63) is 67.0 Å². The van der Waals surface area contributed by atoms with E-state index in [1.54, 1.807) is 24.1 Å². The van der Waals surface area contributed by atoms with Crippen molar-refractivity contribution in [1.82, 2.24) is 9.37 Å². The molecule has 0 atom stereocenters. The van der Waals surface area contributed by atoms with E-state index in [4.69, 9.17) is 4.84 Å². The Hall–Kier alpha value is -2.73. The Morgan fingerprint density at radius 1 is 0.559 bits per heavy atom. The molecule has 2 aliphatic rings. The van der Waals surface area contributed by atoms with Gasteiger partial charge in [0, 0.05) is 24.6 Å². The van der Waals surface area contributed by atoms with Crippen LogP contribution in [0.5, 0.6) is 5.75 Å². The maximum absolute atomic E-state index is 10.3. The van der Waals surface area contributed by atoms with Gasteiger partial charge in [-0.1, -0.05) is 0 Å². The molecule has 6 heteroatoms. The zero-order valence-electron chi connectivity index (χ0n) is 22.6. The third-order valence-electron chi connectivity index (χ3n) is 7.82. The molecule has 0 spiro atoms. The lowest BCUT2D eigenvalue weighted by atomic mass is 9.91. The van der Waals surface area contributed by atoms with Crippen LogP contribution in [0.25, 0.3) is 11.5 Å². The Labute approximate surface area is 208 Å². The number of aliphatic hydroxyl groups excluding tert-OH is 2. The van der Waals surface area contributed by atoms with Crippen LogP contribution >= 0.6 is 11.9 Å². The van der Waals surface area contributed by atoms with E-state index in [2.05, 4.69) is 41.5 Å². The van der Waals surface area contributed by atoms with Gasteiger partial charge < -0.3 is 19.4 Å². The minimum Gasteiger partial charge on any atom is -0.505 e. The normalized spacial score (nSPS) is 15.1. The van der Waals surface area contributed by atoms with Gasteiger partial charge in [-0.05, 0) is 126 Å². The topological polar surface area (TPSA) is 56.2 Å². The smallest absolute Gasteiger partial charge is 0.169 e. The van der Waals surface area contributed by atoms with E-state index in [1.165, 1.54) is 38.3 Å². The number of hydroxylamine groups is 2. The van der Waals surface area contributed by atoms with E-state index < -0.39 is 0 Å². The number of hydrogen-bond donors (Lipinski definition) is 2. The molecule has 2 aliphatic heterocycles. The molecule has 0 fully saturated rings. The molecule has 2 N–H and O–H groups in total. The predicted octanol–water partition coefficient (Wildman–Crippen LogP) is 7.53. The molecular formula is C28H38N2O3S. The molecule has 34 heavy (non-hydrogen) atoms. The summed E-state index contributed by atoms with van der Waals surface area (Å²) in [5, 5.41) is 22.2. The van der Waals surface area contributed by atoms with Crippen LogP contribution in [0.4, 0.5) is 0 Å². The second kappa shape index (κ2) is 9.14. The van der Waals surface area contributed by atoms with Gasteiger partial charge in [-0.25, -0.2) is 5.06 Å². The van der Waals surface area contributed by atoms with Gasteiger partial charge in [0.15, 0.2) is 5.75 Å². The summed E-state index contributed by atoms with van der Waals surface area (Å²) in [6, 6.07) is 0. The molecule has 0 radical (unpaired) electrons. The van der Waals surface area contributed by atoms with Gasteiger partial charge in [-0.3, -0.25) is 0 Å². The van der Waals surface area contributed by atoms with Crippen molar-refractivity contribution in [2.24, 2.45) is 0 Å². The molecule has 4 rings (SSSR count). The highest BCUT2D eigenvalue weighted by Crippen LogP contribution is 2.44. The van der Waals surface area contributed by atoms with E-state index in [9.17, 15) is 10.2 Å². The third-order valence-corrected chi connectivity index (χ3v) is 9.06. The highest BCUT2D eigenvalue weighted by Gasteiger charge is 2.28. The zero-order valence-corrected chi connectivity index (χ0v) is 23.4. The fourth-order valence-corrected chi connectivity index (χ4v) is 5.55. The van der Waals surface area contributed by atoms with Crippen LogP contribution in [0.1, 0.15) is 69.5 Å². The summed E-state index contributed by atoms with van der Waals surface area (Å²) in [7, 11) is 3.79. The SMILES string of the molecule is CC1=C(O)c2c(C)c(C)c(C)c(C)c2ON1C.CC1=C(O)c2c(C)c(C)c(C)c(C)c2SN1C. The lowest BCUT2D eigenvalue weighted by molar-refractivity contribution is -0.00165. The Morgan fingerprint density at radius 2 is 1.00 bits per heavy atom. The molecule has 184 valence electrons. The molecule has 0 aliphatic carbocycles.